The molecule has 0 unspecified atom stereocenters. The fourth-order valence-electron chi connectivity index (χ4n) is 2.43. The maximum Gasteiger partial charge on any atom is 0.0557 e. The van der Waals surface area contributed by atoms with Crippen LogP contribution in [0, 0.1) is 0 Å². The lowest BCUT2D eigenvalue weighted by atomic mass is 10.8. The van der Waals surface area contributed by atoms with E-state index in [1.807, 2.05) is 47.0 Å². The molecule has 0 aromatic rings. The van der Waals surface area contributed by atoms with Crippen molar-refractivity contribution in [2.45, 2.75) is 0 Å². The molecule has 0 heterocycles. The molecule has 0 aliphatic rings. The first-order chi connectivity index (χ1) is 18.4. The SMILES string of the molecule is OCCSCCOCCSCCOCCSCCOCCSCCOCCSCCOCCSCCO. The molecule has 0 amide bonds. The molecule has 0 rings (SSSR count). The summed E-state index contributed by atoms with van der Waals surface area (Å²) in [5, 5.41) is 17.4. The third-order valence-electron chi connectivity index (χ3n) is 4.19. The zero-order chi connectivity index (χ0) is 26.7. The van der Waals surface area contributed by atoms with Crippen molar-refractivity contribution in [2.75, 3.05) is 148 Å². The second kappa shape index (κ2) is 37.8. The molecule has 0 radical (unpaired) electrons. The summed E-state index contributed by atoms with van der Waals surface area (Å²) in [6, 6.07) is 0. The van der Waals surface area contributed by atoms with E-state index >= 15 is 0 Å². The normalized spacial score (nSPS) is 11.5. The predicted molar refractivity (Wildman–Crippen MR) is 172 cm³/mol. The third kappa shape index (κ3) is 37.8. The molecule has 0 spiro atoms. The molecule has 0 saturated carbocycles. The van der Waals surface area contributed by atoms with Crippen LogP contribution in [0.15, 0.2) is 0 Å². The van der Waals surface area contributed by atoms with Gasteiger partial charge in [-0.2, -0.15) is 70.6 Å². The first kappa shape index (κ1) is 38.8. The molecule has 13 heteroatoms. The van der Waals surface area contributed by atoms with Gasteiger partial charge in [0.2, 0.25) is 0 Å². The van der Waals surface area contributed by atoms with Crippen molar-refractivity contribution in [3.8, 4) is 0 Å². The van der Waals surface area contributed by atoms with Crippen LogP contribution in [0.1, 0.15) is 0 Å². The molecule has 7 nitrogen and oxygen atoms in total. The summed E-state index contributed by atoms with van der Waals surface area (Å²) < 4.78 is 28.1. The van der Waals surface area contributed by atoms with Crippen LogP contribution in [0.25, 0.3) is 0 Å². The number of thioether (sulfide) groups is 6. The molecule has 0 aliphatic carbocycles. The van der Waals surface area contributed by atoms with Crippen LogP contribution in [0.2, 0.25) is 0 Å². The van der Waals surface area contributed by atoms with Gasteiger partial charge in [-0.25, -0.2) is 0 Å². The summed E-state index contributed by atoms with van der Waals surface area (Å²) >= 11 is 11.0. The Bertz CT molecular complexity index is 373. The zero-order valence-electron chi connectivity index (χ0n) is 22.4. The molecule has 0 atom stereocenters. The quantitative estimate of drug-likeness (QED) is 0.101. The molecule has 0 bridgehead atoms. The van der Waals surface area contributed by atoms with E-state index < -0.39 is 0 Å². The smallest absolute Gasteiger partial charge is 0.0557 e. The highest BCUT2D eigenvalue weighted by Gasteiger charge is 1.97. The number of aliphatic hydroxyl groups is 2. The fourth-order valence-corrected chi connectivity index (χ4v) is 6.27. The van der Waals surface area contributed by atoms with Gasteiger partial charge in [0.15, 0.2) is 0 Å². The van der Waals surface area contributed by atoms with E-state index in [9.17, 15) is 0 Å². The highest BCUT2D eigenvalue weighted by molar-refractivity contribution is 8.00. The lowest BCUT2D eigenvalue weighted by Gasteiger charge is -2.07. The van der Waals surface area contributed by atoms with Crippen molar-refractivity contribution in [1.82, 2.24) is 0 Å². The van der Waals surface area contributed by atoms with Crippen LogP contribution in [-0.2, 0) is 23.7 Å². The monoisotopic (exact) mass is 642 g/mol. The minimum absolute atomic E-state index is 0.246. The van der Waals surface area contributed by atoms with Gasteiger partial charge < -0.3 is 33.9 Å². The van der Waals surface area contributed by atoms with Gasteiger partial charge in [0.05, 0.1) is 79.3 Å². The van der Waals surface area contributed by atoms with E-state index in [0.29, 0.717) is 0 Å². The van der Waals surface area contributed by atoms with Gasteiger partial charge in [0, 0.05) is 69.0 Å². The van der Waals surface area contributed by atoms with Crippen molar-refractivity contribution in [2.24, 2.45) is 0 Å². The van der Waals surface area contributed by atoms with E-state index in [0.717, 1.165) is 135 Å². The molecular weight excluding hydrogens is 593 g/mol. The molecule has 224 valence electrons. The summed E-state index contributed by atoms with van der Waals surface area (Å²) in [6.45, 7) is 8.42. The van der Waals surface area contributed by atoms with Gasteiger partial charge in [0.25, 0.3) is 0 Å². The van der Waals surface area contributed by atoms with Crippen molar-refractivity contribution in [3.63, 3.8) is 0 Å². The lowest BCUT2D eigenvalue weighted by molar-refractivity contribution is 0.162. The van der Waals surface area contributed by atoms with Crippen LogP contribution in [0.5, 0.6) is 0 Å². The lowest BCUT2D eigenvalue weighted by Crippen LogP contribution is -2.07. The van der Waals surface area contributed by atoms with Crippen molar-refractivity contribution >= 4 is 70.6 Å². The molecule has 2 N–H and O–H groups in total. The number of aliphatic hydroxyl groups excluding tert-OH is 2. The van der Waals surface area contributed by atoms with E-state index in [-0.39, 0.29) is 13.2 Å². The highest BCUT2D eigenvalue weighted by atomic mass is 32.2. The molecule has 0 fully saturated rings. The number of hydrogen-bond acceptors (Lipinski definition) is 13. The van der Waals surface area contributed by atoms with E-state index in [2.05, 4.69) is 0 Å². The average Bonchev–Trinajstić information content (AvgIpc) is 2.91. The van der Waals surface area contributed by atoms with Gasteiger partial charge in [0.1, 0.15) is 0 Å². The standard InChI is InChI=1S/C24H50O7S6/c25-1-13-32-15-3-27-5-17-34-19-7-29-9-21-36-23-11-31-12-24-37-22-10-30-8-20-35-18-6-28-4-16-33-14-2-26/h25-26H,1-24H2. The van der Waals surface area contributed by atoms with Gasteiger partial charge in [-0.15, -0.1) is 0 Å². The minimum Gasteiger partial charge on any atom is -0.396 e. The Hall–Kier alpha value is 1.82. The van der Waals surface area contributed by atoms with Crippen molar-refractivity contribution in [1.29, 1.82) is 0 Å². The Kier molecular flexibility index (Phi) is 39.7. The minimum atomic E-state index is 0.246. The zero-order valence-corrected chi connectivity index (χ0v) is 27.3. The van der Waals surface area contributed by atoms with Crippen LogP contribution >= 0.6 is 70.6 Å². The second-order valence-corrected chi connectivity index (χ2v) is 14.5. The Morgan fingerprint density at radius 3 is 0.595 bits per heavy atom. The molecule has 0 aromatic heterocycles. The summed E-state index contributed by atoms with van der Waals surface area (Å²) in [6.07, 6.45) is 0. The Morgan fingerprint density at radius 2 is 0.432 bits per heavy atom. The molecular formula is C24H50O7S6. The first-order valence-electron chi connectivity index (χ1n) is 13.0. The van der Waals surface area contributed by atoms with Gasteiger partial charge in [-0.1, -0.05) is 0 Å². The third-order valence-corrected chi connectivity index (χ3v) is 9.69. The summed E-state index contributed by atoms with van der Waals surface area (Å²) in [5.74, 6) is 11.6. The topological polar surface area (TPSA) is 86.6 Å². The Morgan fingerprint density at radius 1 is 0.270 bits per heavy atom. The first-order valence-corrected chi connectivity index (χ1v) is 19.9. The number of rotatable bonds is 34. The van der Waals surface area contributed by atoms with Crippen LogP contribution < -0.4 is 0 Å². The fraction of sp³-hybridized carbons (Fsp3) is 1.00. The van der Waals surface area contributed by atoms with Crippen LogP contribution in [0.3, 0.4) is 0 Å². The van der Waals surface area contributed by atoms with E-state index in [4.69, 9.17) is 33.9 Å². The summed E-state index contributed by atoms with van der Waals surface area (Å²) in [5.41, 5.74) is 0. The predicted octanol–water partition coefficient (Wildman–Crippen LogP) is 3.45. The summed E-state index contributed by atoms with van der Waals surface area (Å²) in [7, 11) is 0. The molecule has 0 aliphatic heterocycles. The Labute approximate surface area is 251 Å². The number of hydrogen-bond donors (Lipinski definition) is 2. The summed E-state index contributed by atoms with van der Waals surface area (Å²) in [4.78, 5) is 0. The van der Waals surface area contributed by atoms with Gasteiger partial charge in [-0.05, 0) is 0 Å². The van der Waals surface area contributed by atoms with Crippen LogP contribution in [0.4, 0.5) is 0 Å². The average molecular weight is 643 g/mol. The van der Waals surface area contributed by atoms with E-state index in [1.165, 1.54) is 0 Å². The molecule has 0 aromatic carbocycles. The highest BCUT2D eigenvalue weighted by Crippen LogP contribution is 2.05. The second-order valence-electron chi connectivity index (χ2n) is 7.18. The largest absolute Gasteiger partial charge is 0.396 e. The van der Waals surface area contributed by atoms with E-state index in [1.54, 1.807) is 23.5 Å². The van der Waals surface area contributed by atoms with Gasteiger partial charge in [-0.3, -0.25) is 0 Å². The maximum atomic E-state index is 8.69. The maximum absolute atomic E-state index is 8.69. The Balaban J connectivity index is 3.00. The molecule has 0 saturated heterocycles. The number of ether oxygens (including phenoxy) is 5. The van der Waals surface area contributed by atoms with Crippen molar-refractivity contribution < 1.29 is 33.9 Å². The van der Waals surface area contributed by atoms with Crippen LogP contribution in [-0.4, -0.2) is 159 Å². The van der Waals surface area contributed by atoms with Crippen molar-refractivity contribution in [3.05, 3.63) is 0 Å². The molecule has 37 heavy (non-hydrogen) atoms. The van der Waals surface area contributed by atoms with Gasteiger partial charge >= 0.3 is 0 Å².